The molecule has 1 unspecified atom stereocenters. The minimum absolute atomic E-state index is 0.0951. The van der Waals surface area contributed by atoms with Crippen LogP contribution in [-0.2, 0) is 9.59 Å². The summed E-state index contributed by atoms with van der Waals surface area (Å²) in [6, 6.07) is -0.419. The molecule has 1 saturated carbocycles. The zero-order valence-corrected chi connectivity index (χ0v) is 13.8. The summed E-state index contributed by atoms with van der Waals surface area (Å²) in [5.74, 6) is 0.906. The Labute approximate surface area is 124 Å². The molecule has 1 rings (SSSR count). The highest BCUT2D eigenvalue weighted by Gasteiger charge is 2.21. The molecular formula is C16H32N2O2. The maximum atomic E-state index is 11.3. The first-order chi connectivity index (χ1) is 9.42. The van der Waals surface area contributed by atoms with Gasteiger partial charge in [0.25, 0.3) is 0 Å². The van der Waals surface area contributed by atoms with Crippen molar-refractivity contribution in [2.75, 3.05) is 7.05 Å². The van der Waals surface area contributed by atoms with Gasteiger partial charge in [0.2, 0.25) is 11.8 Å². The van der Waals surface area contributed by atoms with Crippen LogP contribution in [-0.4, -0.2) is 24.9 Å². The molecule has 0 aliphatic heterocycles. The number of hydrogen-bond donors (Lipinski definition) is 2. The molecule has 1 aliphatic rings. The van der Waals surface area contributed by atoms with Crippen molar-refractivity contribution in [3.05, 3.63) is 0 Å². The Morgan fingerprint density at radius 3 is 2.00 bits per heavy atom. The lowest BCUT2D eigenvalue weighted by atomic mass is 9.91. The molecule has 0 radical (unpaired) electrons. The van der Waals surface area contributed by atoms with Gasteiger partial charge in [-0.2, -0.15) is 0 Å². The lowest BCUT2D eigenvalue weighted by molar-refractivity contribution is -0.129. The standard InChI is InChI=1S/C9H18N2O2.C7H14/c1-5-7(12)11-8(6(2)3)9(13)10-4;1-7-5-3-2-4-6-7/h6,8H,5H2,1-4H3,(H,10,13)(H,11,12);7H,2-6H2,1H3. The van der Waals surface area contributed by atoms with E-state index in [0.29, 0.717) is 6.42 Å². The highest BCUT2D eigenvalue weighted by Crippen LogP contribution is 2.22. The molecule has 0 aromatic rings. The molecule has 1 atom stereocenters. The van der Waals surface area contributed by atoms with Crippen molar-refractivity contribution >= 4 is 11.8 Å². The van der Waals surface area contributed by atoms with Gasteiger partial charge in [-0.15, -0.1) is 0 Å². The van der Waals surface area contributed by atoms with Crippen molar-refractivity contribution in [1.29, 1.82) is 0 Å². The van der Waals surface area contributed by atoms with Crippen LogP contribution in [0.4, 0.5) is 0 Å². The molecule has 20 heavy (non-hydrogen) atoms. The van der Waals surface area contributed by atoms with E-state index in [9.17, 15) is 9.59 Å². The summed E-state index contributed by atoms with van der Waals surface area (Å²) in [7, 11) is 1.57. The smallest absolute Gasteiger partial charge is 0.242 e. The van der Waals surface area contributed by atoms with Crippen LogP contribution in [0.1, 0.15) is 66.2 Å². The van der Waals surface area contributed by atoms with Gasteiger partial charge in [-0.25, -0.2) is 0 Å². The van der Waals surface area contributed by atoms with E-state index in [0.717, 1.165) is 5.92 Å². The Morgan fingerprint density at radius 2 is 1.70 bits per heavy atom. The lowest BCUT2D eigenvalue weighted by Crippen LogP contribution is -2.48. The van der Waals surface area contributed by atoms with Crippen molar-refractivity contribution < 1.29 is 9.59 Å². The number of carbonyl (C=O) groups is 2. The molecular weight excluding hydrogens is 252 g/mol. The summed E-state index contributed by atoms with van der Waals surface area (Å²) in [5.41, 5.74) is 0. The molecule has 4 nitrogen and oxygen atoms in total. The third-order valence-electron chi connectivity index (χ3n) is 3.73. The first kappa shape index (κ1) is 18.9. The van der Waals surface area contributed by atoms with Gasteiger partial charge in [-0.1, -0.05) is 59.8 Å². The summed E-state index contributed by atoms with van der Waals surface area (Å²) in [6.07, 6.45) is 7.84. The van der Waals surface area contributed by atoms with E-state index in [4.69, 9.17) is 0 Å². The quantitative estimate of drug-likeness (QED) is 0.834. The molecule has 0 spiro atoms. The van der Waals surface area contributed by atoms with Crippen LogP contribution in [0.15, 0.2) is 0 Å². The Hall–Kier alpha value is -1.06. The maximum Gasteiger partial charge on any atom is 0.242 e. The molecule has 0 heterocycles. The van der Waals surface area contributed by atoms with Crippen LogP contribution in [0, 0.1) is 11.8 Å². The Bertz CT molecular complexity index is 284. The highest BCUT2D eigenvalue weighted by atomic mass is 16.2. The number of rotatable bonds is 4. The van der Waals surface area contributed by atoms with Gasteiger partial charge in [-0.3, -0.25) is 9.59 Å². The first-order valence-electron chi connectivity index (χ1n) is 7.93. The molecule has 0 aromatic carbocycles. The number of amides is 2. The van der Waals surface area contributed by atoms with Gasteiger partial charge >= 0.3 is 0 Å². The number of nitrogens with one attached hydrogen (secondary N) is 2. The fourth-order valence-electron chi connectivity index (χ4n) is 2.27. The Morgan fingerprint density at radius 1 is 1.15 bits per heavy atom. The van der Waals surface area contributed by atoms with Crippen molar-refractivity contribution in [2.45, 2.75) is 72.3 Å². The maximum absolute atomic E-state index is 11.3. The van der Waals surface area contributed by atoms with Crippen LogP contribution in [0.3, 0.4) is 0 Å². The van der Waals surface area contributed by atoms with Gasteiger partial charge in [0.1, 0.15) is 6.04 Å². The van der Waals surface area contributed by atoms with E-state index in [1.54, 1.807) is 14.0 Å². The van der Waals surface area contributed by atoms with Crippen molar-refractivity contribution in [3.8, 4) is 0 Å². The van der Waals surface area contributed by atoms with Crippen LogP contribution >= 0.6 is 0 Å². The number of likely N-dealkylation sites (N-methyl/N-ethyl adjacent to an activating group) is 1. The minimum Gasteiger partial charge on any atom is -0.357 e. The largest absolute Gasteiger partial charge is 0.357 e. The van der Waals surface area contributed by atoms with E-state index in [1.807, 2.05) is 13.8 Å². The minimum atomic E-state index is -0.419. The van der Waals surface area contributed by atoms with E-state index in [2.05, 4.69) is 17.6 Å². The topological polar surface area (TPSA) is 58.2 Å². The zero-order chi connectivity index (χ0) is 15.5. The summed E-state index contributed by atoms with van der Waals surface area (Å²) >= 11 is 0. The molecule has 0 bridgehead atoms. The fourth-order valence-corrected chi connectivity index (χ4v) is 2.27. The van der Waals surface area contributed by atoms with E-state index < -0.39 is 6.04 Å². The average molecular weight is 284 g/mol. The van der Waals surface area contributed by atoms with E-state index in [1.165, 1.54) is 32.1 Å². The second-order valence-corrected chi connectivity index (χ2v) is 6.00. The third-order valence-corrected chi connectivity index (χ3v) is 3.73. The molecule has 2 amide bonds. The van der Waals surface area contributed by atoms with Gasteiger partial charge < -0.3 is 10.6 Å². The van der Waals surface area contributed by atoms with Crippen molar-refractivity contribution in [3.63, 3.8) is 0 Å². The van der Waals surface area contributed by atoms with E-state index >= 15 is 0 Å². The molecule has 4 heteroatoms. The van der Waals surface area contributed by atoms with E-state index in [-0.39, 0.29) is 17.7 Å². The summed E-state index contributed by atoms with van der Waals surface area (Å²) in [5, 5.41) is 5.19. The normalized spacial score (nSPS) is 16.9. The monoisotopic (exact) mass is 284 g/mol. The average Bonchev–Trinajstić information content (AvgIpc) is 2.44. The molecule has 0 aromatic heterocycles. The van der Waals surface area contributed by atoms with Crippen LogP contribution < -0.4 is 10.6 Å². The van der Waals surface area contributed by atoms with Gasteiger partial charge in [0.05, 0.1) is 0 Å². The Kier molecular flexibility index (Phi) is 10.1. The second kappa shape index (κ2) is 10.7. The first-order valence-corrected chi connectivity index (χ1v) is 7.93. The molecule has 1 fully saturated rings. The van der Waals surface area contributed by atoms with Gasteiger partial charge in [0, 0.05) is 13.5 Å². The van der Waals surface area contributed by atoms with Crippen LogP contribution in [0.2, 0.25) is 0 Å². The Balaban J connectivity index is 0.000000428. The zero-order valence-electron chi connectivity index (χ0n) is 13.8. The fraction of sp³-hybridized carbons (Fsp3) is 0.875. The van der Waals surface area contributed by atoms with Crippen LogP contribution in [0.25, 0.3) is 0 Å². The third kappa shape index (κ3) is 8.18. The number of hydrogen-bond acceptors (Lipinski definition) is 2. The predicted octanol–water partition coefficient (Wildman–Crippen LogP) is 2.87. The summed E-state index contributed by atoms with van der Waals surface area (Å²) < 4.78 is 0. The van der Waals surface area contributed by atoms with Crippen molar-refractivity contribution in [1.82, 2.24) is 10.6 Å². The van der Waals surface area contributed by atoms with Crippen LogP contribution in [0.5, 0.6) is 0 Å². The summed E-state index contributed by atoms with van der Waals surface area (Å²) in [4.78, 5) is 22.3. The molecule has 2 N–H and O–H groups in total. The predicted molar refractivity (Wildman–Crippen MR) is 83.4 cm³/mol. The van der Waals surface area contributed by atoms with Gasteiger partial charge in [0.15, 0.2) is 0 Å². The lowest BCUT2D eigenvalue weighted by Gasteiger charge is -2.20. The van der Waals surface area contributed by atoms with Crippen molar-refractivity contribution in [2.24, 2.45) is 11.8 Å². The second-order valence-electron chi connectivity index (χ2n) is 6.00. The molecule has 118 valence electrons. The molecule has 1 aliphatic carbocycles. The summed E-state index contributed by atoms with van der Waals surface area (Å²) in [6.45, 7) is 7.92. The highest BCUT2D eigenvalue weighted by molar-refractivity contribution is 5.87. The number of carbonyl (C=O) groups excluding carboxylic acids is 2. The van der Waals surface area contributed by atoms with Gasteiger partial charge in [-0.05, 0) is 11.8 Å². The SMILES string of the molecule is CC1CCCCC1.CCC(=O)NC(C(=O)NC)C(C)C. The molecule has 0 saturated heterocycles.